The number of benzene rings is 2. The van der Waals surface area contributed by atoms with Gasteiger partial charge in [-0.25, -0.2) is 0 Å². The minimum atomic E-state index is -0.0451. The van der Waals surface area contributed by atoms with Crippen molar-refractivity contribution in [3.63, 3.8) is 0 Å². The normalized spacial score (nSPS) is 12.0. The van der Waals surface area contributed by atoms with Gasteiger partial charge < -0.3 is 11.1 Å². The predicted octanol–water partition coefficient (Wildman–Crippen LogP) is 3.70. The van der Waals surface area contributed by atoms with E-state index in [0.29, 0.717) is 12.5 Å². The van der Waals surface area contributed by atoms with E-state index in [4.69, 9.17) is 5.73 Å². The van der Waals surface area contributed by atoms with Crippen LogP contribution in [0.2, 0.25) is 0 Å². The molecule has 0 bridgehead atoms. The summed E-state index contributed by atoms with van der Waals surface area (Å²) in [6.07, 6.45) is 0.900. The maximum atomic E-state index is 5.85. The van der Waals surface area contributed by atoms with Gasteiger partial charge in [-0.05, 0) is 43.5 Å². The van der Waals surface area contributed by atoms with Crippen LogP contribution in [0.25, 0.3) is 10.8 Å². The summed E-state index contributed by atoms with van der Waals surface area (Å²) >= 11 is 0. The molecule has 0 radical (unpaired) electrons. The zero-order valence-corrected chi connectivity index (χ0v) is 15.2. The van der Waals surface area contributed by atoms with Crippen molar-refractivity contribution in [1.29, 1.82) is 0 Å². The number of fused-ring (bicyclic) bond motifs is 1. The predicted molar refractivity (Wildman–Crippen MR) is 102 cm³/mol. The van der Waals surface area contributed by atoms with Gasteiger partial charge in [-0.1, -0.05) is 42.5 Å². The van der Waals surface area contributed by atoms with E-state index >= 15 is 0 Å². The van der Waals surface area contributed by atoms with Crippen LogP contribution in [-0.4, -0.2) is 18.0 Å². The summed E-state index contributed by atoms with van der Waals surface area (Å²) in [5.41, 5.74) is 7.10. The Morgan fingerprint density at radius 3 is 2.43 bits per heavy atom. The smallest absolute Gasteiger partial charge is 0.188 e. The standard InChI is InChI=1S/C17H23N3.HI/c1-17(2,3)20-16(18)19-11-10-13-8-9-14-6-4-5-7-15(14)12-13;/h4-9,12H,10-11H2,1-3H3,(H3,18,19,20);1H. The summed E-state index contributed by atoms with van der Waals surface area (Å²) in [6, 6.07) is 14.9. The zero-order valence-electron chi connectivity index (χ0n) is 12.9. The second kappa shape index (κ2) is 7.64. The molecular formula is C17H24IN3. The van der Waals surface area contributed by atoms with Gasteiger partial charge in [0.05, 0.1) is 0 Å². The third kappa shape index (κ3) is 5.91. The highest BCUT2D eigenvalue weighted by Gasteiger charge is 2.09. The number of nitrogens with zero attached hydrogens (tertiary/aromatic N) is 1. The van der Waals surface area contributed by atoms with Gasteiger partial charge >= 0.3 is 0 Å². The molecule has 0 unspecified atom stereocenters. The van der Waals surface area contributed by atoms with E-state index < -0.39 is 0 Å². The number of rotatable bonds is 3. The van der Waals surface area contributed by atoms with Crippen molar-refractivity contribution in [3.05, 3.63) is 48.0 Å². The highest BCUT2D eigenvalue weighted by Crippen LogP contribution is 2.15. The molecule has 4 heteroatoms. The van der Waals surface area contributed by atoms with Gasteiger partial charge in [-0.15, -0.1) is 24.0 Å². The van der Waals surface area contributed by atoms with E-state index in [2.05, 4.69) is 73.5 Å². The summed E-state index contributed by atoms with van der Waals surface area (Å²) in [4.78, 5) is 4.37. The Labute approximate surface area is 144 Å². The lowest BCUT2D eigenvalue weighted by Gasteiger charge is -2.20. The Bertz CT molecular complexity index is 615. The maximum Gasteiger partial charge on any atom is 0.188 e. The molecule has 0 aliphatic heterocycles. The molecule has 0 aliphatic carbocycles. The monoisotopic (exact) mass is 397 g/mol. The molecule has 21 heavy (non-hydrogen) atoms. The lowest BCUT2D eigenvalue weighted by atomic mass is 10.1. The first-order valence-corrected chi connectivity index (χ1v) is 7.00. The van der Waals surface area contributed by atoms with Gasteiger partial charge in [-0.2, -0.15) is 0 Å². The van der Waals surface area contributed by atoms with Gasteiger partial charge in [-0.3, -0.25) is 4.99 Å². The van der Waals surface area contributed by atoms with Gasteiger partial charge in [0, 0.05) is 12.1 Å². The van der Waals surface area contributed by atoms with E-state index in [1.807, 2.05) is 0 Å². The highest BCUT2D eigenvalue weighted by atomic mass is 127. The molecular weight excluding hydrogens is 373 g/mol. The van der Waals surface area contributed by atoms with Gasteiger partial charge in [0.15, 0.2) is 5.96 Å². The SMILES string of the molecule is CC(C)(C)NC(N)=NCCc1ccc2ccccc2c1.I. The molecule has 0 atom stereocenters. The van der Waals surface area contributed by atoms with Crippen molar-refractivity contribution in [3.8, 4) is 0 Å². The molecule has 0 saturated heterocycles. The number of hydrogen-bond acceptors (Lipinski definition) is 1. The summed E-state index contributed by atoms with van der Waals surface area (Å²) in [5.74, 6) is 0.512. The minimum absolute atomic E-state index is 0. The van der Waals surface area contributed by atoms with E-state index in [1.54, 1.807) is 0 Å². The average molecular weight is 397 g/mol. The molecule has 0 fully saturated rings. The summed E-state index contributed by atoms with van der Waals surface area (Å²) in [5, 5.41) is 5.71. The highest BCUT2D eigenvalue weighted by molar-refractivity contribution is 14.0. The first-order chi connectivity index (χ1) is 9.44. The fourth-order valence-electron chi connectivity index (χ4n) is 2.12. The van der Waals surface area contributed by atoms with Crippen LogP contribution in [-0.2, 0) is 6.42 Å². The molecule has 0 amide bonds. The van der Waals surface area contributed by atoms with Crippen LogP contribution in [0.1, 0.15) is 26.3 Å². The zero-order chi connectivity index (χ0) is 14.6. The molecule has 2 rings (SSSR count). The Balaban J connectivity index is 0.00000220. The molecule has 0 heterocycles. The summed E-state index contributed by atoms with van der Waals surface area (Å²) in [7, 11) is 0. The Morgan fingerprint density at radius 1 is 1.10 bits per heavy atom. The van der Waals surface area contributed by atoms with Crippen LogP contribution in [0, 0.1) is 0 Å². The van der Waals surface area contributed by atoms with E-state index in [9.17, 15) is 0 Å². The average Bonchev–Trinajstić information content (AvgIpc) is 2.36. The van der Waals surface area contributed by atoms with Crippen LogP contribution >= 0.6 is 24.0 Å². The van der Waals surface area contributed by atoms with Crippen LogP contribution in [0.5, 0.6) is 0 Å². The van der Waals surface area contributed by atoms with Crippen LogP contribution < -0.4 is 11.1 Å². The third-order valence-electron chi connectivity index (χ3n) is 3.00. The molecule has 0 saturated carbocycles. The summed E-state index contributed by atoms with van der Waals surface area (Å²) in [6.45, 7) is 6.91. The molecule has 114 valence electrons. The minimum Gasteiger partial charge on any atom is -0.370 e. The van der Waals surface area contributed by atoms with Crippen LogP contribution in [0.3, 0.4) is 0 Å². The maximum absolute atomic E-state index is 5.85. The number of nitrogens with one attached hydrogen (secondary N) is 1. The van der Waals surface area contributed by atoms with Crippen molar-refractivity contribution in [1.82, 2.24) is 5.32 Å². The molecule has 0 spiro atoms. The molecule has 2 aromatic rings. The topological polar surface area (TPSA) is 50.4 Å². The lowest BCUT2D eigenvalue weighted by Crippen LogP contribution is -2.45. The number of halogens is 1. The van der Waals surface area contributed by atoms with Crippen LogP contribution in [0.15, 0.2) is 47.5 Å². The first kappa shape index (κ1) is 17.8. The van der Waals surface area contributed by atoms with Crippen LogP contribution in [0.4, 0.5) is 0 Å². The first-order valence-electron chi connectivity index (χ1n) is 7.00. The van der Waals surface area contributed by atoms with Crippen molar-refractivity contribution in [2.24, 2.45) is 10.7 Å². The Hall–Kier alpha value is -1.30. The van der Waals surface area contributed by atoms with Crippen molar-refractivity contribution in [2.75, 3.05) is 6.54 Å². The second-order valence-electron chi connectivity index (χ2n) is 6.07. The molecule has 3 N–H and O–H groups in total. The van der Waals surface area contributed by atoms with E-state index in [-0.39, 0.29) is 29.5 Å². The lowest BCUT2D eigenvalue weighted by molar-refractivity contribution is 0.508. The molecule has 3 nitrogen and oxygen atoms in total. The van der Waals surface area contributed by atoms with Crippen molar-refractivity contribution < 1.29 is 0 Å². The van der Waals surface area contributed by atoms with E-state index in [1.165, 1.54) is 16.3 Å². The number of guanidine groups is 1. The van der Waals surface area contributed by atoms with Crippen molar-refractivity contribution >= 4 is 40.7 Å². The van der Waals surface area contributed by atoms with Crippen molar-refractivity contribution in [2.45, 2.75) is 32.7 Å². The number of nitrogens with two attached hydrogens (primary N) is 1. The largest absolute Gasteiger partial charge is 0.370 e. The number of aliphatic imine (C=N–C) groups is 1. The molecule has 0 aromatic heterocycles. The fraction of sp³-hybridized carbons (Fsp3) is 0.353. The molecule has 2 aromatic carbocycles. The molecule has 0 aliphatic rings. The van der Waals surface area contributed by atoms with Gasteiger partial charge in [0.2, 0.25) is 0 Å². The third-order valence-corrected chi connectivity index (χ3v) is 3.00. The second-order valence-corrected chi connectivity index (χ2v) is 6.07. The quantitative estimate of drug-likeness (QED) is 0.472. The Kier molecular flexibility index (Phi) is 6.45. The summed E-state index contributed by atoms with van der Waals surface area (Å²) < 4.78 is 0. The van der Waals surface area contributed by atoms with E-state index in [0.717, 1.165) is 6.42 Å². The fourth-order valence-corrected chi connectivity index (χ4v) is 2.12. The van der Waals surface area contributed by atoms with Gasteiger partial charge in [0.1, 0.15) is 0 Å². The van der Waals surface area contributed by atoms with Gasteiger partial charge in [0.25, 0.3) is 0 Å². The number of hydrogen-bond donors (Lipinski definition) is 2. The Morgan fingerprint density at radius 2 is 1.76 bits per heavy atom.